The van der Waals surface area contributed by atoms with Crippen molar-refractivity contribution in [1.29, 1.82) is 0 Å². The summed E-state index contributed by atoms with van der Waals surface area (Å²) in [6.45, 7) is 2.68. The second-order valence-corrected chi connectivity index (χ2v) is 2.85. The number of para-hydroxylation sites is 1. The van der Waals surface area contributed by atoms with E-state index in [-0.39, 0.29) is 0 Å². The minimum atomic E-state index is 0.702. The number of hydrogen-bond donors (Lipinski definition) is 0. The van der Waals surface area contributed by atoms with Crippen LogP contribution in [0.15, 0.2) is 23.1 Å². The van der Waals surface area contributed by atoms with E-state index in [0.717, 1.165) is 10.6 Å². The Labute approximate surface area is 71.8 Å². The number of thioether (sulfide) groups is 1. The van der Waals surface area contributed by atoms with Crippen molar-refractivity contribution in [2.24, 2.45) is 0 Å². The Balaban J connectivity index is 2.83. The van der Waals surface area contributed by atoms with Crippen molar-refractivity contribution in [2.75, 3.05) is 12.9 Å². The smallest absolute Gasteiger partial charge is 0.140 e. The highest BCUT2D eigenvalue weighted by Gasteiger charge is 1.98. The summed E-state index contributed by atoms with van der Waals surface area (Å²) >= 11 is 1.68. The first-order valence-electron chi connectivity index (χ1n) is 3.56. The lowest BCUT2D eigenvalue weighted by Gasteiger charge is -2.05. The van der Waals surface area contributed by atoms with Crippen LogP contribution in [-0.4, -0.2) is 12.9 Å². The van der Waals surface area contributed by atoms with E-state index in [9.17, 15) is 0 Å². The van der Waals surface area contributed by atoms with Gasteiger partial charge in [-0.15, -0.1) is 11.8 Å². The third kappa shape index (κ3) is 2.15. The summed E-state index contributed by atoms with van der Waals surface area (Å²) in [5.41, 5.74) is 0. The van der Waals surface area contributed by atoms with Gasteiger partial charge in [0.1, 0.15) is 5.75 Å². The Morgan fingerprint density at radius 3 is 3.09 bits per heavy atom. The van der Waals surface area contributed by atoms with Crippen molar-refractivity contribution in [3.63, 3.8) is 0 Å². The molecule has 0 saturated heterocycles. The van der Waals surface area contributed by atoms with E-state index in [1.807, 2.05) is 31.4 Å². The topological polar surface area (TPSA) is 9.23 Å². The Kier molecular flexibility index (Phi) is 3.30. The van der Waals surface area contributed by atoms with Gasteiger partial charge in [-0.3, -0.25) is 0 Å². The summed E-state index contributed by atoms with van der Waals surface area (Å²) in [7, 11) is 0. The minimum absolute atomic E-state index is 0.702. The van der Waals surface area contributed by atoms with Gasteiger partial charge < -0.3 is 4.74 Å². The molecule has 0 aromatic heterocycles. The maximum Gasteiger partial charge on any atom is 0.140 e. The monoisotopic (exact) mass is 167 g/mol. The van der Waals surface area contributed by atoms with Crippen molar-refractivity contribution < 1.29 is 4.74 Å². The van der Waals surface area contributed by atoms with Crippen LogP contribution >= 0.6 is 11.8 Å². The molecule has 11 heavy (non-hydrogen) atoms. The molecule has 1 radical (unpaired) electrons. The molecule has 0 bridgehead atoms. The summed E-state index contributed by atoms with van der Waals surface area (Å²) in [5, 5.41) is 0. The Bertz CT molecular complexity index is 223. The molecule has 1 aromatic rings. The number of hydrogen-bond acceptors (Lipinski definition) is 2. The van der Waals surface area contributed by atoms with Gasteiger partial charge in [0.15, 0.2) is 0 Å². The molecule has 0 unspecified atom stereocenters. The van der Waals surface area contributed by atoms with E-state index in [4.69, 9.17) is 4.74 Å². The molecule has 0 atom stereocenters. The zero-order valence-electron chi connectivity index (χ0n) is 6.76. The van der Waals surface area contributed by atoms with E-state index in [0.29, 0.717) is 6.61 Å². The zero-order chi connectivity index (χ0) is 8.10. The molecular formula is C9H11OS. The fourth-order valence-corrected chi connectivity index (χ4v) is 1.34. The first-order valence-corrected chi connectivity index (χ1v) is 4.78. The SMILES string of the molecule is CCOc1[c]cccc1SC. The maximum atomic E-state index is 5.35. The van der Waals surface area contributed by atoms with Gasteiger partial charge in [0, 0.05) is 11.0 Å². The van der Waals surface area contributed by atoms with Crippen molar-refractivity contribution in [1.82, 2.24) is 0 Å². The van der Waals surface area contributed by atoms with Gasteiger partial charge in [-0.25, -0.2) is 0 Å². The molecule has 0 fully saturated rings. The lowest BCUT2D eigenvalue weighted by molar-refractivity contribution is 0.331. The zero-order valence-corrected chi connectivity index (χ0v) is 7.57. The largest absolute Gasteiger partial charge is 0.492 e. The average molecular weight is 167 g/mol. The van der Waals surface area contributed by atoms with E-state index < -0.39 is 0 Å². The highest BCUT2D eigenvalue weighted by Crippen LogP contribution is 2.25. The molecule has 1 rings (SSSR count). The molecule has 0 aliphatic rings. The van der Waals surface area contributed by atoms with Crippen LogP contribution in [0.25, 0.3) is 0 Å². The Morgan fingerprint density at radius 1 is 1.64 bits per heavy atom. The third-order valence-corrected chi connectivity index (χ3v) is 2.05. The molecule has 59 valence electrons. The second kappa shape index (κ2) is 4.29. The first-order chi connectivity index (χ1) is 5.38. The molecule has 0 heterocycles. The quantitative estimate of drug-likeness (QED) is 0.640. The van der Waals surface area contributed by atoms with Crippen LogP contribution in [0.2, 0.25) is 0 Å². The molecule has 0 spiro atoms. The standard InChI is InChI=1S/C9H11OS/c1-3-10-8-6-4-5-7-9(8)11-2/h4-5,7H,3H2,1-2H3. The Hall–Kier alpha value is -0.630. The highest BCUT2D eigenvalue weighted by atomic mass is 32.2. The van der Waals surface area contributed by atoms with Gasteiger partial charge in [-0.1, -0.05) is 12.1 Å². The number of benzene rings is 1. The van der Waals surface area contributed by atoms with E-state index >= 15 is 0 Å². The number of rotatable bonds is 3. The average Bonchev–Trinajstić information content (AvgIpc) is 2.06. The van der Waals surface area contributed by atoms with E-state index in [1.165, 1.54) is 0 Å². The first kappa shape index (κ1) is 8.47. The summed E-state index contributed by atoms with van der Waals surface area (Å²) in [6.07, 6.45) is 2.03. The summed E-state index contributed by atoms with van der Waals surface area (Å²) < 4.78 is 5.35. The van der Waals surface area contributed by atoms with Crippen LogP contribution < -0.4 is 4.74 Å². The molecule has 0 amide bonds. The lowest BCUT2D eigenvalue weighted by Crippen LogP contribution is -1.92. The van der Waals surface area contributed by atoms with Crippen LogP contribution in [0.5, 0.6) is 5.75 Å². The van der Waals surface area contributed by atoms with Gasteiger partial charge in [-0.05, 0) is 19.2 Å². The van der Waals surface area contributed by atoms with Gasteiger partial charge in [0.2, 0.25) is 0 Å². The predicted molar refractivity (Wildman–Crippen MR) is 48.2 cm³/mol. The molecule has 2 heteroatoms. The van der Waals surface area contributed by atoms with Crippen molar-refractivity contribution in [2.45, 2.75) is 11.8 Å². The van der Waals surface area contributed by atoms with Crippen molar-refractivity contribution in [3.8, 4) is 5.75 Å². The molecular weight excluding hydrogens is 156 g/mol. The lowest BCUT2D eigenvalue weighted by atomic mass is 10.3. The van der Waals surface area contributed by atoms with Gasteiger partial charge in [0.05, 0.1) is 6.61 Å². The second-order valence-electron chi connectivity index (χ2n) is 2.00. The van der Waals surface area contributed by atoms with Crippen LogP contribution in [0.1, 0.15) is 6.92 Å². The highest BCUT2D eigenvalue weighted by molar-refractivity contribution is 7.98. The molecule has 0 aliphatic carbocycles. The molecule has 0 aliphatic heterocycles. The van der Waals surface area contributed by atoms with Crippen LogP contribution in [0.3, 0.4) is 0 Å². The fraction of sp³-hybridized carbons (Fsp3) is 0.333. The fourth-order valence-electron chi connectivity index (χ4n) is 0.824. The minimum Gasteiger partial charge on any atom is -0.492 e. The van der Waals surface area contributed by atoms with Crippen LogP contribution in [0, 0.1) is 6.07 Å². The van der Waals surface area contributed by atoms with Crippen molar-refractivity contribution in [3.05, 3.63) is 24.3 Å². The molecule has 1 nitrogen and oxygen atoms in total. The van der Waals surface area contributed by atoms with Crippen molar-refractivity contribution >= 4 is 11.8 Å². The normalized spacial score (nSPS) is 9.64. The maximum absolute atomic E-state index is 5.35. The molecule has 0 N–H and O–H groups in total. The third-order valence-electron chi connectivity index (χ3n) is 1.29. The summed E-state index contributed by atoms with van der Waals surface area (Å²) in [5.74, 6) is 0.863. The Morgan fingerprint density at radius 2 is 2.45 bits per heavy atom. The summed E-state index contributed by atoms with van der Waals surface area (Å²) in [6, 6.07) is 8.91. The van der Waals surface area contributed by atoms with E-state index in [2.05, 4.69) is 6.07 Å². The summed E-state index contributed by atoms with van der Waals surface area (Å²) in [4.78, 5) is 1.15. The van der Waals surface area contributed by atoms with Gasteiger partial charge in [0.25, 0.3) is 0 Å². The van der Waals surface area contributed by atoms with Gasteiger partial charge in [-0.2, -0.15) is 0 Å². The number of ether oxygens (including phenoxy) is 1. The van der Waals surface area contributed by atoms with E-state index in [1.54, 1.807) is 11.8 Å². The molecule has 1 aromatic carbocycles. The van der Waals surface area contributed by atoms with Crippen LogP contribution in [0.4, 0.5) is 0 Å². The predicted octanol–water partition coefficient (Wildman–Crippen LogP) is 2.61. The van der Waals surface area contributed by atoms with Gasteiger partial charge >= 0.3 is 0 Å². The molecule has 0 saturated carbocycles. The van der Waals surface area contributed by atoms with Crippen LogP contribution in [-0.2, 0) is 0 Å².